The molecule has 0 bridgehead atoms. The van der Waals surface area contributed by atoms with Crippen LogP contribution >= 0.6 is 0 Å². The van der Waals surface area contributed by atoms with E-state index in [-0.39, 0.29) is 6.42 Å². The van der Waals surface area contributed by atoms with Crippen LogP contribution in [0.25, 0.3) is 0 Å². The molecule has 0 saturated carbocycles. The number of hydrogen-bond donors (Lipinski definition) is 2. The molecule has 3 nitrogen and oxygen atoms in total. The summed E-state index contributed by atoms with van der Waals surface area (Å²) >= 11 is 0. The summed E-state index contributed by atoms with van der Waals surface area (Å²) in [4.78, 5) is 10.5. The predicted molar refractivity (Wildman–Crippen MR) is 70.4 cm³/mol. The molecule has 0 atom stereocenters. The van der Waals surface area contributed by atoms with Gasteiger partial charge in [-0.25, -0.2) is 0 Å². The molecule has 0 saturated heterocycles. The largest absolute Gasteiger partial charge is 0.481 e. The Morgan fingerprint density at radius 3 is 2.65 bits per heavy atom. The van der Waals surface area contributed by atoms with Gasteiger partial charge in [-0.1, -0.05) is 26.0 Å². The highest BCUT2D eigenvalue weighted by atomic mass is 16.4. The zero-order chi connectivity index (χ0) is 12.7. The van der Waals surface area contributed by atoms with Gasteiger partial charge in [0.25, 0.3) is 0 Å². The summed E-state index contributed by atoms with van der Waals surface area (Å²) < 4.78 is 0. The molecule has 0 aromatic heterocycles. The first-order valence-electron chi connectivity index (χ1n) is 6.23. The SMILES string of the molecule is CCC(CC)Nc1cccc(CCC(=O)O)c1. The van der Waals surface area contributed by atoms with E-state index in [9.17, 15) is 4.79 Å². The van der Waals surface area contributed by atoms with Crippen molar-refractivity contribution in [3.63, 3.8) is 0 Å². The van der Waals surface area contributed by atoms with Gasteiger partial charge in [-0.15, -0.1) is 0 Å². The third-order valence-electron chi connectivity index (χ3n) is 2.91. The van der Waals surface area contributed by atoms with Gasteiger partial charge in [-0.2, -0.15) is 0 Å². The van der Waals surface area contributed by atoms with Crippen LogP contribution in [0.1, 0.15) is 38.7 Å². The lowest BCUT2D eigenvalue weighted by molar-refractivity contribution is -0.136. The zero-order valence-electron chi connectivity index (χ0n) is 10.6. The molecular formula is C14H21NO2. The molecule has 17 heavy (non-hydrogen) atoms. The maximum absolute atomic E-state index is 10.5. The minimum atomic E-state index is -0.747. The Bertz CT molecular complexity index is 359. The van der Waals surface area contributed by atoms with Gasteiger partial charge in [0.05, 0.1) is 0 Å². The number of benzene rings is 1. The van der Waals surface area contributed by atoms with Crippen molar-refractivity contribution in [3.8, 4) is 0 Å². The summed E-state index contributed by atoms with van der Waals surface area (Å²) in [5, 5.41) is 12.1. The average Bonchev–Trinajstić information content (AvgIpc) is 2.34. The highest BCUT2D eigenvalue weighted by Crippen LogP contribution is 2.15. The summed E-state index contributed by atoms with van der Waals surface area (Å²) in [6.45, 7) is 4.32. The number of hydrogen-bond acceptors (Lipinski definition) is 2. The summed E-state index contributed by atoms with van der Waals surface area (Å²) in [6, 6.07) is 8.51. The first-order valence-corrected chi connectivity index (χ1v) is 6.23. The Morgan fingerprint density at radius 2 is 2.06 bits per heavy atom. The van der Waals surface area contributed by atoms with Gasteiger partial charge in [0.2, 0.25) is 0 Å². The monoisotopic (exact) mass is 235 g/mol. The van der Waals surface area contributed by atoms with E-state index in [1.807, 2.05) is 24.3 Å². The van der Waals surface area contributed by atoms with Crippen molar-refractivity contribution in [3.05, 3.63) is 29.8 Å². The van der Waals surface area contributed by atoms with Gasteiger partial charge in [0, 0.05) is 18.2 Å². The van der Waals surface area contributed by atoms with E-state index in [1.165, 1.54) is 0 Å². The van der Waals surface area contributed by atoms with Crippen LogP contribution in [-0.4, -0.2) is 17.1 Å². The van der Waals surface area contributed by atoms with Crippen LogP contribution in [0.3, 0.4) is 0 Å². The van der Waals surface area contributed by atoms with E-state index in [4.69, 9.17) is 5.11 Å². The molecule has 0 heterocycles. The van der Waals surface area contributed by atoms with Crippen LogP contribution in [0, 0.1) is 0 Å². The van der Waals surface area contributed by atoms with Crippen LogP contribution in [0.5, 0.6) is 0 Å². The first kappa shape index (κ1) is 13.6. The number of aliphatic carboxylic acids is 1. The van der Waals surface area contributed by atoms with Gasteiger partial charge < -0.3 is 10.4 Å². The van der Waals surface area contributed by atoms with Crippen LogP contribution < -0.4 is 5.32 Å². The summed E-state index contributed by atoms with van der Waals surface area (Å²) in [5.41, 5.74) is 2.16. The van der Waals surface area contributed by atoms with Gasteiger partial charge in [0.15, 0.2) is 0 Å². The van der Waals surface area contributed by atoms with Gasteiger partial charge in [0.1, 0.15) is 0 Å². The minimum Gasteiger partial charge on any atom is -0.481 e. The van der Waals surface area contributed by atoms with Crippen molar-refractivity contribution in [2.75, 3.05) is 5.32 Å². The number of anilines is 1. The molecule has 0 spiro atoms. The number of carbonyl (C=O) groups is 1. The van der Waals surface area contributed by atoms with Crippen LogP contribution in [0.15, 0.2) is 24.3 Å². The number of carboxylic acid groups (broad SMARTS) is 1. The standard InChI is InChI=1S/C14H21NO2/c1-3-12(4-2)15-13-7-5-6-11(10-13)8-9-14(16)17/h5-7,10,12,15H,3-4,8-9H2,1-2H3,(H,16,17). The van der Waals surface area contributed by atoms with E-state index in [2.05, 4.69) is 19.2 Å². The van der Waals surface area contributed by atoms with Crippen molar-refractivity contribution in [2.24, 2.45) is 0 Å². The molecule has 1 aromatic rings. The predicted octanol–water partition coefficient (Wildman–Crippen LogP) is 3.30. The maximum Gasteiger partial charge on any atom is 0.303 e. The molecule has 0 unspecified atom stereocenters. The van der Waals surface area contributed by atoms with E-state index >= 15 is 0 Å². The summed E-state index contributed by atoms with van der Waals surface area (Å²) in [6.07, 6.45) is 2.97. The molecular weight excluding hydrogens is 214 g/mol. The molecule has 94 valence electrons. The first-order chi connectivity index (χ1) is 8.15. The minimum absolute atomic E-state index is 0.189. The second kappa shape index (κ2) is 6.94. The van der Waals surface area contributed by atoms with E-state index in [0.717, 1.165) is 24.1 Å². The lowest BCUT2D eigenvalue weighted by Crippen LogP contribution is -2.16. The lowest BCUT2D eigenvalue weighted by atomic mass is 10.1. The summed E-state index contributed by atoms with van der Waals surface area (Å²) in [5.74, 6) is -0.747. The Hall–Kier alpha value is -1.51. The Labute approximate surface area is 103 Å². The second-order valence-corrected chi connectivity index (χ2v) is 4.25. The molecule has 0 radical (unpaired) electrons. The highest BCUT2D eigenvalue weighted by Gasteiger charge is 2.04. The number of nitrogens with one attached hydrogen (secondary N) is 1. The molecule has 0 aliphatic carbocycles. The van der Waals surface area contributed by atoms with Gasteiger partial charge >= 0.3 is 5.97 Å². The molecule has 1 aromatic carbocycles. The lowest BCUT2D eigenvalue weighted by Gasteiger charge is -2.16. The normalized spacial score (nSPS) is 10.5. The smallest absolute Gasteiger partial charge is 0.303 e. The van der Waals surface area contributed by atoms with E-state index < -0.39 is 5.97 Å². The fourth-order valence-electron chi connectivity index (χ4n) is 1.80. The summed E-state index contributed by atoms with van der Waals surface area (Å²) in [7, 11) is 0. The average molecular weight is 235 g/mol. The zero-order valence-corrected chi connectivity index (χ0v) is 10.6. The van der Waals surface area contributed by atoms with Crippen LogP contribution in [0.2, 0.25) is 0 Å². The van der Waals surface area contributed by atoms with E-state index in [1.54, 1.807) is 0 Å². The van der Waals surface area contributed by atoms with Gasteiger partial charge in [-0.05, 0) is 37.0 Å². The highest BCUT2D eigenvalue weighted by molar-refractivity contribution is 5.67. The fourth-order valence-corrected chi connectivity index (χ4v) is 1.80. The van der Waals surface area contributed by atoms with E-state index in [0.29, 0.717) is 12.5 Å². The van der Waals surface area contributed by atoms with Crippen molar-refractivity contribution in [1.82, 2.24) is 0 Å². The van der Waals surface area contributed by atoms with Crippen LogP contribution in [-0.2, 0) is 11.2 Å². The molecule has 0 aliphatic heterocycles. The number of aryl methyl sites for hydroxylation is 1. The Morgan fingerprint density at radius 1 is 1.35 bits per heavy atom. The van der Waals surface area contributed by atoms with Gasteiger partial charge in [-0.3, -0.25) is 4.79 Å². The molecule has 0 aliphatic rings. The molecule has 1 rings (SSSR count). The molecule has 2 N–H and O–H groups in total. The number of carboxylic acids is 1. The topological polar surface area (TPSA) is 49.3 Å². The fraction of sp³-hybridized carbons (Fsp3) is 0.500. The quantitative estimate of drug-likeness (QED) is 0.762. The van der Waals surface area contributed by atoms with Crippen molar-refractivity contribution >= 4 is 11.7 Å². The molecule has 3 heteroatoms. The van der Waals surface area contributed by atoms with Crippen molar-refractivity contribution in [2.45, 2.75) is 45.6 Å². The third-order valence-corrected chi connectivity index (χ3v) is 2.91. The van der Waals surface area contributed by atoms with Crippen molar-refractivity contribution < 1.29 is 9.90 Å². The van der Waals surface area contributed by atoms with Crippen molar-refractivity contribution in [1.29, 1.82) is 0 Å². The van der Waals surface area contributed by atoms with Crippen LogP contribution in [0.4, 0.5) is 5.69 Å². The maximum atomic E-state index is 10.5. The molecule has 0 amide bonds. The third kappa shape index (κ3) is 4.89. The second-order valence-electron chi connectivity index (χ2n) is 4.25. The number of rotatable bonds is 7. The Kier molecular flexibility index (Phi) is 5.53. The Balaban J connectivity index is 2.61. The molecule has 0 fully saturated rings.